The maximum absolute atomic E-state index is 13.5. The Morgan fingerprint density at radius 1 is 1.11 bits per heavy atom. The lowest BCUT2D eigenvalue weighted by atomic mass is 9.64. The van der Waals surface area contributed by atoms with Crippen molar-refractivity contribution in [3.8, 4) is 11.8 Å². The van der Waals surface area contributed by atoms with Gasteiger partial charge in [0, 0.05) is 41.0 Å². The molecule has 0 saturated heterocycles. The Morgan fingerprint density at radius 3 is 2.53 bits per heavy atom. The van der Waals surface area contributed by atoms with Crippen LogP contribution < -0.4 is 16.0 Å². The Morgan fingerprint density at radius 2 is 1.87 bits per heavy atom. The summed E-state index contributed by atoms with van der Waals surface area (Å²) < 4.78 is 18.7. The maximum Gasteiger partial charge on any atom is 0.251 e. The van der Waals surface area contributed by atoms with Gasteiger partial charge in [0.1, 0.15) is 11.6 Å². The highest BCUT2D eigenvalue weighted by molar-refractivity contribution is 6.12. The third-order valence-corrected chi connectivity index (χ3v) is 8.31. The van der Waals surface area contributed by atoms with E-state index in [2.05, 4.69) is 32.8 Å². The molecule has 2 aliphatic rings. The second-order valence-corrected chi connectivity index (χ2v) is 11.1. The van der Waals surface area contributed by atoms with Crippen LogP contribution in [0.3, 0.4) is 0 Å². The topological polar surface area (TPSA) is 116 Å². The van der Waals surface area contributed by atoms with Crippen LogP contribution in [0.5, 0.6) is 0 Å². The minimum Gasteiger partial charge on any atom is -0.469 e. The fourth-order valence-corrected chi connectivity index (χ4v) is 5.90. The van der Waals surface area contributed by atoms with E-state index in [1.807, 2.05) is 46.8 Å². The summed E-state index contributed by atoms with van der Waals surface area (Å²) in [6.07, 6.45) is 3.29. The highest BCUT2D eigenvalue weighted by Crippen LogP contribution is 2.52. The van der Waals surface area contributed by atoms with Crippen molar-refractivity contribution >= 4 is 29.1 Å². The number of anilines is 2. The van der Waals surface area contributed by atoms with Crippen LogP contribution in [-0.4, -0.2) is 22.7 Å². The summed E-state index contributed by atoms with van der Waals surface area (Å²) in [6.45, 7) is 9.60. The molecule has 0 fully saturated rings. The van der Waals surface area contributed by atoms with E-state index in [0.717, 1.165) is 28.3 Å². The van der Waals surface area contributed by atoms with Crippen molar-refractivity contribution in [1.29, 1.82) is 0 Å². The lowest BCUT2D eigenvalue weighted by molar-refractivity contribution is -0.119. The van der Waals surface area contributed by atoms with Crippen LogP contribution in [-0.2, 0) is 21.4 Å². The summed E-state index contributed by atoms with van der Waals surface area (Å²) in [5.74, 6) is 5.60. The number of hydrogen-bond acceptors (Lipinski definition) is 4. The van der Waals surface area contributed by atoms with E-state index in [1.165, 1.54) is 12.1 Å². The zero-order chi connectivity index (χ0) is 32.3. The zero-order valence-electron chi connectivity index (χ0n) is 26.1. The van der Waals surface area contributed by atoms with Gasteiger partial charge < -0.3 is 25.4 Å². The smallest absolute Gasteiger partial charge is 0.251 e. The van der Waals surface area contributed by atoms with Crippen molar-refractivity contribution in [3.05, 3.63) is 106 Å². The second kappa shape index (κ2) is 12.9. The monoisotopic (exact) mass is 608 g/mol. The summed E-state index contributed by atoms with van der Waals surface area (Å²) in [7, 11) is 0. The van der Waals surface area contributed by atoms with Crippen LogP contribution >= 0.6 is 0 Å². The number of halogens is 1. The lowest BCUT2D eigenvalue weighted by Crippen LogP contribution is -2.44. The van der Waals surface area contributed by atoms with Gasteiger partial charge in [0.15, 0.2) is 5.41 Å². The summed E-state index contributed by atoms with van der Waals surface area (Å²) in [6, 6.07) is 14.4. The van der Waals surface area contributed by atoms with Crippen molar-refractivity contribution in [1.82, 2.24) is 10.3 Å². The van der Waals surface area contributed by atoms with Crippen LogP contribution in [0.15, 0.2) is 65.3 Å². The van der Waals surface area contributed by atoms with Crippen LogP contribution in [0.25, 0.3) is 0 Å². The average molecular weight is 609 g/mol. The molecule has 3 amide bonds. The number of nitrogens with one attached hydrogen (secondary N) is 4. The van der Waals surface area contributed by atoms with E-state index in [0.29, 0.717) is 41.8 Å². The first-order valence-electron chi connectivity index (χ1n) is 15.2. The summed E-state index contributed by atoms with van der Waals surface area (Å²) >= 11 is 0. The van der Waals surface area contributed by atoms with Crippen molar-refractivity contribution in [3.63, 3.8) is 0 Å². The molecule has 0 radical (unpaired) electrons. The molecule has 8 nitrogen and oxygen atoms in total. The number of aromatic nitrogens is 1. The number of aromatic amines is 1. The first-order chi connectivity index (χ1) is 21.7. The van der Waals surface area contributed by atoms with Gasteiger partial charge in [-0.25, -0.2) is 4.39 Å². The third-order valence-electron chi connectivity index (χ3n) is 8.31. The molecule has 2 aromatic heterocycles. The van der Waals surface area contributed by atoms with E-state index in [1.54, 1.807) is 36.6 Å². The lowest BCUT2D eigenvalue weighted by Gasteiger charge is -2.34. The predicted octanol–water partition coefficient (Wildman–Crippen LogP) is 6.83. The van der Waals surface area contributed by atoms with Crippen LogP contribution in [0.4, 0.5) is 15.8 Å². The molecular formula is C36H37FN4O4. The molecule has 3 heterocycles. The minimum atomic E-state index is -1.17. The van der Waals surface area contributed by atoms with Gasteiger partial charge in [-0.1, -0.05) is 37.8 Å². The van der Waals surface area contributed by atoms with Crippen molar-refractivity contribution < 1.29 is 23.2 Å². The number of H-pyrrole nitrogens is 1. The number of carbonyl (C=O) groups excluding carboxylic acids is 3. The first kappa shape index (κ1) is 31.3. The quantitative estimate of drug-likeness (QED) is 0.156. The molecule has 45 heavy (non-hydrogen) atoms. The van der Waals surface area contributed by atoms with Crippen molar-refractivity contribution in [2.24, 2.45) is 0 Å². The molecule has 1 aliphatic heterocycles. The van der Waals surface area contributed by atoms with Gasteiger partial charge in [0.05, 0.1) is 23.9 Å². The number of fused-ring (bicyclic) bond motifs is 2. The SMILES string of the molecule is CC.Cc1[nH]c(C2C#CC23C(=O)Nc2ccc(C(=O)NC(C)c4ccc(F)cc4)cc23)c(C)c1NC(=O)CCCc1ccco1. The van der Waals surface area contributed by atoms with Crippen molar-refractivity contribution in [2.75, 3.05) is 10.6 Å². The minimum absolute atomic E-state index is 0.104. The molecule has 2 aromatic carbocycles. The number of rotatable bonds is 9. The molecule has 1 aliphatic carbocycles. The van der Waals surface area contributed by atoms with Crippen molar-refractivity contribution in [2.45, 2.75) is 71.3 Å². The maximum atomic E-state index is 13.5. The standard InChI is InChI=1S/C34H31FN4O4.C2H6/c1-19-30(39-29(40)8-4-6-25-7-5-17-43-25)21(3)36-31(19)26-15-16-34(26)27-18-23(11-14-28(27)38-33(34)42)32(41)37-20(2)22-9-12-24(35)13-10-22;1-2/h5,7,9-14,17-18,20,26,36H,4,6,8H2,1-3H3,(H,37,41)(H,38,42)(H,39,40);1-2H3. The summed E-state index contributed by atoms with van der Waals surface area (Å²) in [5.41, 5.74) is 4.27. The molecule has 0 bridgehead atoms. The number of aryl methyl sites for hydroxylation is 2. The molecule has 3 atom stereocenters. The average Bonchev–Trinajstić information content (AvgIpc) is 3.71. The van der Waals surface area contributed by atoms with Gasteiger partial charge >= 0.3 is 0 Å². The Bertz CT molecular complexity index is 1800. The molecule has 4 aromatic rings. The van der Waals surface area contributed by atoms with E-state index < -0.39 is 11.3 Å². The zero-order valence-corrected chi connectivity index (χ0v) is 26.1. The predicted molar refractivity (Wildman–Crippen MR) is 171 cm³/mol. The molecular weight excluding hydrogens is 571 g/mol. The van der Waals surface area contributed by atoms with Gasteiger partial charge in [-0.3, -0.25) is 14.4 Å². The Hall–Kier alpha value is -5.10. The Kier molecular flexibility index (Phi) is 8.96. The number of benzene rings is 2. The third kappa shape index (κ3) is 5.88. The number of furan rings is 1. The molecule has 3 unspecified atom stereocenters. The van der Waals surface area contributed by atoms with Crippen LogP contribution in [0.1, 0.15) is 89.8 Å². The van der Waals surface area contributed by atoms with Crippen LogP contribution in [0, 0.1) is 31.5 Å². The van der Waals surface area contributed by atoms with Gasteiger partial charge in [0.25, 0.3) is 5.91 Å². The summed E-state index contributed by atoms with van der Waals surface area (Å²) in [5, 5.41) is 8.91. The molecule has 9 heteroatoms. The van der Waals surface area contributed by atoms with Gasteiger partial charge in [-0.2, -0.15) is 0 Å². The van der Waals surface area contributed by atoms with Gasteiger partial charge in [-0.15, -0.1) is 0 Å². The Labute approximate surface area is 262 Å². The Balaban J connectivity index is 0.00000196. The molecule has 232 valence electrons. The molecule has 0 saturated carbocycles. The molecule has 4 N–H and O–H groups in total. The second-order valence-electron chi connectivity index (χ2n) is 11.1. The largest absolute Gasteiger partial charge is 0.469 e. The molecule has 6 rings (SSSR count). The van der Waals surface area contributed by atoms with E-state index in [4.69, 9.17) is 4.42 Å². The normalized spacial score (nSPS) is 18.0. The highest BCUT2D eigenvalue weighted by atomic mass is 19.1. The fourth-order valence-electron chi connectivity index (χ4n) is 5.90. The molecule has 1 spiro atoms. The van der Waals surface area contributed by atoms with E-state index >= 15 is 0 Å². The number of hydrogen-bond donors (Lipinski definition) is 4. The van der Waals surface area contributed by atoms with E-state index in [9.17, 15) is 18.8 Å². The van der Waals surface area contributed by atoms with E-state index in [-0.39, 0.29) is 29.6 Å². The summed E-state index contributed by atoms with van der Waals surface area (Å²) in [4.78, 5) is 42.8. The number of amides is 3. The highest BCUT2D eigenvalue weighted by Gasteiger charge is 2.56. The van der Waals surface area contributed by atoms with Gasteiger partial charge in [0.2, 0.25) is 11.8 Å². The van der Waals surface area contributed by atoms with Crippen LogP contribution in [0.2, 0.25) is 0 Å². The number of carbonyl (C=O) groups is 3. The fraction of sp³-hybridized carbons (Fsp3) is 0.306. The first-order valence-corrected chi connectivity index (χ1v) is 15.2. The van der Waals surface area contributed by atoms with Gasteiger partial charge in [-0.05, 0) is 80.8 Å².